The molecular weight excluding hydrogens is 324 g/mol. The van der Waals surface area contributed by atoms with Gasteiger partial charge in [-0.2, -0.15) is 0 Å². The van der Waals surface area contributed by atoms with Crippen LogP contribution in [0.5, 0.6) is 0 Å². The number of carbonyl (C=O) groups excluding carboxylic acids is 4. The van der Waals surface area contributed by atoms with Gasteiger partial charge in [0.2, 0.25) is 0 Å². The first-order chi connectivity index (χ1) is 11.1. The zero-order valence-electron chi connectivity index (χ0n) is 14.3. The summed E-state index contributed by atoms with van der Waals surface area (Å²) < 4.78 is 26.1. The van der Waals surface area contributed by atoms with Crippen molar-refractivity contribution in [3.63, 3.8) is 0 Å². The van der Waals surface area contributed by atoms with Crippen molar-refractivity contribution >= 4 is 23.9 Å². The fourth-order valence-electron chi connectivity index (χ4n) is 2.44. The molecule has 0 aromatic rings. The molecule has 0 radical (unpaired) electrons. The van der Waals surface area contributed by atoms with E-state index in [0.29, 0.717) is 0 Å². The molecule has 0 saturated carbocycles. The van der Waals surface area contributed by atoms with E-state index in [9.17, 15) is 19.2 Å². The Labute approximate surface area is 139 Å². The Bertz CT molecular complexity index is 501. The molecular formula is C15H22O9. The van der Waals surface area contributed by atoms with Crippen LogP contribution < -0.4 is 0 Å². The SMILES string of the molecule is CC(=O)OCC1O[C@@H](C)C(OC(C)=O)C(OC(C)=O)C1OC(C)=O. The van der Waals surface area contributed by atoms with Gasteiger partial charge in [0.25, 0.3) is 0 Å². The molecule has 0 N–H and O–H groups in total. The quantitative estimate of drug-likeness (QED) is 0.506. The van der Waals surface area contributed by atoms with Crippen LogP contribution in [-0.4, -0.2) is 61.0 Å². The highest BCUT2D eigenvalue weighted by Crippen LogP contribution is 2.28. The maximum atomic E-state index is 11.4. The Balaban J connectivity index is 3.11. The van der Waals surface area contributed by atoms with Crippen molar-refractivity contribution in [2.24, 2.45) is 0 Å². The fourth-order valence-corrected chi connectivity index (χ4v) is 2.44. The molecule has 136 valence electrons. The molecule has 1 saturated heterocycles. The minimum Gasteiger partial charge on any atom is -0.463 e. The molecule has 0 aromatic carbocycles. The average molecular weight is 346 g/mol. The van der Waals surface area contributed by atoms with Crippen molar-refractivity contribution in [3.8, 4) is 0 Å². The lowest BCUT2D eigenvalue weighted by molar-refractivity contribution is -0.249. The minimum atomic E-state index is -1.09. The molecule has 1 fully saturated rings. The highest BCUT2D eigenvalue weighted by atomic mass is 16.7. The Morgan fingerprint density at radius 3 is 1.67 bits per heavy atom. The molecule has 1 heterocycles. The second kappa shape index (κ2) is 8.62. The molecule has 1 rings (SSSR count). The topological polar surface area (TPSA) is 114 Å². The molecule has 0 spiro atoms. The van der Waals surface area contributed by atoms with Crippen molar-refractivity contribution in [3.05, 3.63) is 0 Å². The van der Waals surface area contributed by atoms with Gasteiger partial charge < -0.3 is 23.7 Å². The summed E-state index contributed by atoms with van der Waals surface area (Å²) in [4.78, 5) is 45.2. The summed E-state index contributed by atoms with van der Waals surface area (Å²) in [6, 6.07) is 0. The van der Waals surface area contributed by atoms with Gasteiger partial charge in [-0.1, -0.05) is 0 Å². The number of esters is 4. The Morgan fingerprint density at radius 1 is 0.750 bits per heavy atom. The summed E-state index contributed by atoms with van der Waals surface area (Å²) >= 11 is 0. The van der Waals surface area contributed by atoms with Crippen LogP contribution in [0.15, 0.2) is 0 Å². The molecule has 1 aliphatic rings. The van der Waals surface area contributed by atoms with Crippen LogP contribution in [-0.2, 0) is 42.9 Å². The van der Waals surface area contributed by atoms with Gasteiger partial charge in [-0.25, -0.2) is 0 Å². The van der Waals surface area contributed by atoms with E-state index in [-0.39, 0.29) is 6.61 Å². The molecule has 9 heteroatoms. The number of hydrogen-bond donors (Lipinski definition) is 0. The minimum absolute atomic E-state index is 0.206. The van der Waals surface area contributed by atoms with E-state index < -0.39 is 54.4 Å². The molecule has 24 heavy (non-hydrogen) atoms. The summed E-state index contributed by atoms with van der Waals surface area (Å²) in [6.07, 6.45) is -4.69. The van der Waals surface area contributed by atoms with Crippen LogP contribution in [0.3, 0.4) is 0 Å². The monoisotopic (exact) mass is 346 g/mol. The first-order valence-corrected chi connectivity index (χ1v) is 7.42. The molecule has 9 nitrogen and oxygen atoms in total. The Kier molecular flexibility index (Phi) is 7.15. The van der Waals surface area contributed by atoms with Gasteiger partial charge in [0, 0.05) is 27.7 Å². The third kappa shape index (κ3) is 5.80. The first-order valence-electron chi connectivity index (χ1n) is 7.42. The lowest BCUT2D eigenvalue weighted by Crippen LogP contribution is -2.61. The van der Waals surface area contributed by atoms with Gasteiger partial charge in [0.1, 0.15) is 12.7 Å². The zero-order chi connectivity index (χ0) is 18.4. The van der Waals surface area contributed by atoms with Crippen LogP contribution in [0.1, 0.15) is 34.6 Å². The highest BCUT2D eigenvalue weighted by molar-refractivity contribution is 5.68. The fraction of sp³-hybridized carbons (Fsp3) is 0.733. The van der Waals surface area contributed by atoms with Crippen LogP contribution in [0.4, 0.5) is 0 Å². The number of carbonyl (C=O) groups is 4. The first kappa shape index (κ1) is 19.9. The van der Waals surface area contributed by atoms with Crippen LogP contribution in [0.25, 0.3) is 0 Å². The smallest absolute Gasteiger partial charge is 0.303 e. The van der Waals surface area contributed by atoms with Crippen molar-refractivity contribution in [2.45, 2.75) is 65.1 Å². The second-order valence-corrected chi connectivity index (χ2v) is 5.40. The van der Waals surface area contributed by atoms with E-state index in [0.717, 1.165) is 0 Å². The van der Waals surface area contributed by atoms with Crippen molar-refractivity contribution in [1.29, 1.82) is 0 Å². The van der Waals surface area contributed by atoms with E-state index in [2.05, 4.69) is 0 Å². The summed E-state index contributed by atoms with van der Waals surface area (Å²) in [5.41, 5.74) is 0. The summed E-state index contributed by atoms with van der Waals surface area (Å²) in [7, 11) is 0. The molecule has 4 unspecified atom stereocenters. The van der Waals surface area contributed by atoms with Crippen LogP contribution in [0, 0.1) is 0 Å². The molecule has 0 amide bonds. The van der Waals surface area contributed by atoms with Crippen molar-refractivity contribution in [2.75, 3.05) is 6.61 Å². The second-order valence-electron chi connectivity index (χ2n) is 5.40. The predicted molar refractivity (Wildman–Crippen MR) is 77.6 cm³/mol. The van der Waals surface area contributed by atoms with Gasteiger partial charge in [-0.05, 0) is 6.92 Å². The highest BCUT2D eigenvalue weighted by Gasteiger charge is 2.50. The summed E-state index contributed by atoms with van der Waals surface area (Å²) in [6.45, 7) is 6.17. The van der Waals surface area contributed by atoms with Gasteiger partial charge in [0.05, 0.1) is 6.10 Å². The summed E-state index contributed by atoms with van der Waals surface area (Å²) in [5, 5.41) is 0. The zero-order valence-corrected chi connectivity index (χ0v) is 14.3. The van der Waals surface area contributed by atoms with Crippen molar-refractivity contribution < 1.29 is 42.9 Å². The molecule has 0 aliphatic carbocycles. The predicted octanol–water partition coefficient (Wildman–Crippen LogP) is 0.132. The number of hydrogen-bond acceptors (Lipinski definition) is 9. The molecule has 0 bridgehead atoms. The standard InChI is InChI=1S/C15H22O9/c1-7-13(22-9(3)17)15(24-11(5)19)14(23-10(4)18)12(21-7)6-20-8(2)16/h7,12-15H,6H2,1-5H3/t7-,12?,13?,14?,15?/m0/s1. The molecule has 1 aliphatic heterocycles. The molecule has 0 aromatic heterocycles. The van der Waals surface area contributed by atoms with Gasteiger partial charge in [0.15, 0.2) is 18.3 Å². The Morgan fingerprint density at radius 2 is 1.21 bits per heavy atom. The van der Waals surface area contributed by atoms with Crippen molar-refractivity contribution in [1.82, 2.24) is 0 Å². The van der Waals surface area contributed by atoms with Crippen LogP contribution in [0.2, 0.25) is 0 Å². The normalized spacial score (nSPS) is 29.3. The van der Waals surface area contributed by atoms with E-state index in [1.54, 1.807) is 6.92 Å². The van der Waals surface area contributed by atoms with Gasteiger partial charge in [-0.15, -0.1) is 0 Å². The largest absolute Gasteiger partial charge is 0.463 e. The van der Waals surface area contributed by atoms with E-state index in [1.807, 2.05) is 0 Å². The van der Waals surface area contributed by atoms with E-state index >= 15 is 0 Å². The average Bonchev–Trinajstić information content (AvgIpc) is 2.42. The maximum absolute atomic E-state index is 11.4. The number of rotatable bonds is 5. The van der Waals surface area contributed by atoms with Crippen LogP contribution >= 0.6 is 0 Å². The summed E-state index contributed by atoms with van der Waals surface area (Å²) in [5.74, 6) is -2.44. The number of ether oxygens (including phenoxy) is 5. The van der Waals surface area contributed by atoms with Gasteiger partial charge in [-0.3, -0.25) is 19.2 Å². The third-order valence-corrected chi connectivity index (χ3v) is 3.22. The molecule has 5 atom stereocenters. The lowest BCUT2D eigenvalue weighted by atomic mass is 9.95. The Hall–Kier alpha value is -2.16. The third-order valence-electron chi connectivity index (χ3n) is 3.22. The van der Waals surface area contributed by atoms with E-state index in [4.69, 9.17) is 23.7 Å². The maximum Gasteiger partial charge on any atom is 0.303 e. The van der Waals surface area contributed by atoms with E-state index in [1.165, 1.54) is 27.7 Å². The van der Waals surface area contributed by atoms with Gasteiger partial charge >= 0.3 is 23.9 Å². The lowest BCUT2D eigenvalue weighted by Gasteiger charge is -2.43.